The number of ether oxygens (including phenoxy) is 1. The summed E-state index contributed by atoms with van der Waals surface area (Å²) in [5.74, 6) is -1.19. The molecule has 0 aromatic carbocycles. The highest BCUT2D eigenvalue weighted by Gasteiger charge is 2.15. The highest BCUT2D eigenvalue weighted by Crippen LogP contribution is 2.17. The molecular formula is C16H25ClN2O5. The van der Waals surface area contributed by atoms with E-state index in [2.05, 4.69) is 0 Å². The minimum absolute atomic E-state index is 0. The number of carbonyl (C=O) groups is 2. The zero-order valence-corrected chi connectivity index (χ0v) is 14.9. The molecule has 8 heteroatoms. The number of nitrogens with zero attached hydrogens (tertiary/aromatic N) is 1. The molecule has 0 saturated heterocycles. The molecule has 1 rings (SSSR count). The Kier molecular flexibility index (Phi) is 9.99. The molecule has 0 aliphatic heterocycles. The standard InChI is InChI=1S/C16H24N2O5.ClH/c1-3-4-7-18-11(2)8-14(20)16(22)13(18)10-23-15(21)6-5-12(19)9-17;/h8,22H,3-7,9-10,17H2,1-2H3;1H. The van der Waals surface area contributed by atoms with Crippen LogP contribution in [-0.4, -0.2) is 28.0 Å². The summed E-state index contributed by atoms with van der Waals surface area (Å²) in [4.78, 5) is 34.5. The Morgan fingerprint density at radius 2 is 2.00 bits per heavy atom. The Morgan fingerprint density at radius 1 is 1.33 bits per heavy atom. The molecule has 7 nitrogen and oxygen atoms in total. The van der Waals surface area contributed by atoms with Gasteiger partial charge in [0.05, 0.1) is 13.0 Å². The summed E-state index contributed by atoms with van der Waals surface area (Å²) in [5.41, 5.74) is 5.65. The minimum atomic E-state index is -0.567. The average Bonchev–Trinajstić information content (AvgIpc) is 2.53. The summed E-state index contributed by atoms with van der Waals surface area (Å²) >= 11 is 0. The number of pyridine rings is 1. The van der Waals surface area contributed by atoms with Gasteiger partial charge in [0.1, 0.15) is 18.1 Å². The number of halogens is 1. The lowest BCUT2D eigenvalue weighted by atomic mass is 10.2. The van der Waals surface area contributed by atoms with Gasteiger partial charge in [-0.1, -0.05) is 13.3 Å². The lowest BCUT2D eigenvalue weighted by Crippen LogP contribution is -2.19. The SMILES string of the molecule is CCCCn1c(C)cc(=O)c(O)c1COC(=O)CCC(=O)CN.Cl. The van der Waals surface area contributed by atoms with Gasteiger partial charge < -0.3 is 20.1 Å². The van der Waals surface area contributed by atoms with Crippen molar-refractivity contribution in [2.45, 2.75) is 52.7 Å². The van der Waals surface area contributed by atoms with Crippen molar-refractivity contribution in [1.29, 1.82) is 0 Å². The van der Waals surface area contributed by atoms with Crippen LogP contribution in [-0.2, 0) is 27.5 Å². The molecule has 0 fully saturated rings. The van der Waals surface area contributed by atoms with Crippen molar-refractivity contribution in [1.82, 2.24) is 4.57 Å². The van der Waals surface area contributed by atoms with Crippen molar-refractivity contribution in [2.24, 2.45) is 5.73 Å². The molecule has 1 aromatic heterocycles. The van der Waals surface area contributed by atoms with E-state index >= 15 is 0 Å². The maximum absolute atomic E-state index is 11.7. The van der Waals surface area contributed by atoms with Gasteiger partial charge in [-0.2, -0.15) is 0 Å². The third kappa shape index (κ3) is 6.33. The predicted octanol–water partition coefficient (Wildman–Crippen LogP) is 1.44. The Hall–Kier alpha value is -1.86. The van der Waals surface area contributed by atoms with Crippen molar-refractivity contribution in [2.75, 3.05) is 6.54 Å². The zero-order chi connectivity index (χ0) is 17.4. The Balaban J connectivity index is 0.00000529. The van der Waals surface area contributed by atoms with E-state index in [0.717, 1.165) is 12.8 Å². The van der Waals surface area contributed by atoms with Crippen LogP contribution in [0.2, 0.25) is 0 Å². The van der Waals surface area contributed by atoms with Gasteiger partial charge >= 0.3 is 5.97 Å². The molecule has 0 aliphatic rings. The van der Waals surface area contributed by atoms with Gasteiger partial charge in [0, 0.05) is 24.7 Å². The fourth-order valence-corrected chi connectivity index (χ4v) is 2.16. The van der Waals surface area contributed by atoms with Crippen LogP contribution in [0.15, 0.2) is 10.9 Å². The smallest absolute Gasteiger partial charge is 0.306 e. The molecule has 0 amide bonds. The molecule has 24 heavy (non-hydrogen) atoms. The van der Waals surface area contributed by atoms with Gasteiger partial charge in [0.25, 0.3) is 0 Å². The normalized spacial score (nSPS) is 10.1. The number of unbranched alkanes of at least 4 members (excludes halogenated alkanes) is 1. The topological polar surface area (TPSA) is 112 Å². The maximum atomic E-state index is 11.7. The highest BCUT2D eigenvalue weighted by molar-refractivity contribution is 5.85. The number of ketones is 1. The van der Waals surface area contributed by atoms with Crippen LogP contribution in [0.4, 0.5) is 0 Å². The quantitative estimate of drug-likeness (QED) is 0.644. The van der Waals surface area contributed by atoms with E-state index in [0.29, 0.717) is 12.2 Å². The van der Waals surface area contributed by atoms with Crippen LogP contribution in [0.25, 0.3) is 0 Å². The molecule has 0 bridgehead atoms. The summed E-state index contributed by atoms with van der Waals surface area (Å²) in [6, 6.07) is 1.36. The highest BCUT2D eigenvalue weighted by atomic mass is 35.5. The fraction of sp³-hybridized carbons (Fsp3) is 0.562. The van der Waals surface area contributed by atoms with E-state index in [9.17, 15) is 19.5 Å². The lowest BCUT2D eigenvalue weighted by Gasteiger charge is -2.17. The number of carbonyl (C=O) groups excluding carboxylic acids is 2. The van der Waals surface area contributed by atoms with Gasteiger partial charge in [-0.05, 0) is 13.3 Å². The van der Waals surface area contributed by atoms with E-state index in [4.69, 9.17) is 10.5 Å². The van der Waals surface area contributed by atoms with Crippen LogP contribution in [0, 0.1) is 6.92 Å². The Morgan fingerprint density at radius 3 is 2.58 bits per heavy atom. The molecule has 0 radical (unpaired) electrons. The largest absolute Gasteiger partial charge is 0.503 e. The van der Waals surface area contributed by atoms with Crippen LogP contribution in [0.5, 0.6) is 5.75 Å². The summed E-state index contributed by atoms with van der Waals surface area (Å²) < 4.78 is 6.86. The number of hydrogen-bond donors (Lipinski definition) is 2. The maximum Gasteiger partial charge on any atom is 0.306 e. The van der Waals surface area contributed by atoms with Gasteiger partial charge in [-0.3, -0.25) is 14.4 Å². The second-order valence-corrected chi connectivity index (χ2v) is 5.35. The third-order valence-corrected chi connectivity index (χ3v) is 3.54. The number of Topliss-reactive ketones (excluding diaryl/α,β-unsaturated/α-hetero) is 1. The monoisotopic (exact) mass is 360 g/mol. The number of rotatable bonds is 9. The molecule has 0 aliphatic carbocycles. The van der Waals surface area contributed by atoms with E-state index in [1.165, 1.54) is 6.07 Å². The number of esters is 1. The lowest BCUT2D eigenvalue weighted by molar-refractivity contribution is -0.146. The van der Waals surface area contributed by atoms with E-state index in [-0.39, 0.29) is 49.9 Å². The van der Waals surface area contributed by atoms with Crippen molar-refractivity contribution < 1.29 is 19.4 Å². The van der Waals surface area contributed by atoms with Crippen molar-refractivity contribution >= 4 is 24.2 Å². The first kappa shape index (κ1) is 22.1. The first-order valence-corrected chi connectivity index (χ1v) is 7.70. The molecule has 136 valence electrons. The van der Waals surface area contributed by atoms with Crippen LogP contribution >= 0.6 is 12.4 Å². The molecule has 0 saturated carbocycles. The summed E-state index contributed by atoms with van der Waals surface area (Å²) in [7, 11) is 0. The Labute approximate surface area is 147 Å². The minimum Gasteiger partial charge on any atom is -0.503 e. The molecular weight excluding hydrogens is 336 g/mol. The third-order valence-electron chi connectivity index (χ3n) is 3.54. The fourth-order valence-electron chi connectivity index (χ4n) is 2.16. The Bertz CT molecular complexity index is 628. The summed E-state index contributed by atoms with van der Waals surface area (Å²) in [6.45, 7) is 4.10. The predicted molar refractivity (Wildman–Crippen MR) is 92.4 cm³/mol. The van der Waals surface area contributed by atoms with Gasteiger partial charge in [0.15, 0.2) is 5.75 Å². The molecule has 0 unspecified atom stereocenters. The average molecular weight is 361 g/mol. The number of hydrogen-bond acceptors (Lipinski definition) is 6. The van der Waals surface area contributed by atoms with Crippen LogP contribution in [0.3, 0.4) is 0 Å². The van der Waals surface area contributed by atoms with E-state index < -0.39 is 17.1 Å². The van der Waals surface area contributed by atoms with Gasteiger partial charge in [0.2, 0.25) is 5.43 Å². The van der Waals surface area contributed by atoms with E-state index in [1.54, 1.807) is 11.5 Å². The van der Waals surface area contributed by atoms with Gasteiger partial charge in [-0.15, -0.1) is 12.4 Å². The number of aromatic nitrogens is 1. The van der Waals surface area contributed by atoms with Crippen LogP contribution < -0.4 is 11.2 Å². The van der Waals surface area contributed by atoms with Crippen molar-refractivity contribution in [3.63, 3.8) is 0 Å². The van der Waals surface area contributed by atoms with E-state index in [1.807, 2.05) is 6.92 Å². The zero-order valence-electron chi connectivity index (χ0n) is 14.0. The molecule has 1 aromatic rings. The number of nitrogens with two attached hydrogens (primary N) is 1. The molecule has 1 heterocycles. The number of aryl methyl sites for hydroxylation is 1. The first-order chi connectivity index (χ1) is 10.9. The van der Waals surface area contributed by atoms with Crippen molar-refractivity contribution in [3.8, 4) is 5.75 Å². The number of aromatic hydroxyl groups is 1. The molecule has 0 atom stereocenters. The molecule has 3 N–H and O–H groups in total. The molecule has 0 spiro atoms. The van der Waals surface area contributed by atoms with Crippen LogP contribution in [0.1, 0.15) is 44.0 Å². The van der Waals surface area contributed by atoms with Crippen molar-refractivity contribution in [3.05, 3.63) is 27.7 Å². The summed E-state index contributed by atoms with van der Waals surface area (Å²) in [5, 5.41) is 9.98. The van der Waals surface area contributed by atoms with Gasteiger partial charge in [-0.25, -0.2) is 0 Å². The second-order valence-electron chi connectivity index (χ2n) is 5.35. The first-order valence-electron chi connectivity index (χ1n) is 7.70. The second kappa shape index (κ2) is 10.8. The summed E-state index contributed by atoms with van der Waals surface area (Å²) in [6.07, 6.45) is 1.78.